The lowest BCUT2D eigenvalue weighted by atomic mass is 9.79. The van der Waals surface area contributed by atoms with E-state index >= 15 is 0 Å². The standard InChI is InChI=1S/C52H78N6/c1-13-58-48-24-23-42(33-45(48)46(34-52(9,10)26-25-35(2)3)51(58)44-22-18-27-54-49(44)36(4)5)43-30-37(6)29-40(31-43)32-47(38(7)19-16-17-28-55-53)56-39(8)50(57(11)12)41-20-14-15-21-41/h18,22-24,29-31,33,36,41,47,50,54-56H,2,7-8,13-17,19-21,25-28,32,34,53H2,1,3-6,9-12H3. The third kappa shape index (κ3) is 11.2. The minimum absolute atomic E-state index is 0.0917. The van der Waals surface area contributed by atoms with E-state index in [9.17, 15) is 0 Å². The van der Waals surface area contributed by atoms with Crippen LogP contribution in [0.1, 0.15) is 122 Å². The molecule has 0 bridgehead atoms. The van der Waals surface area contributed by atoms with Crippen molar-refractivity contribution in [3.8, 4) is 11.1 Å². The van der Waals surface area contributed by atoms with Crippen LogP contribution in [0.25, 0.3) is 27.6 Å². The minimum Gasteiger partial charge on any atom is -0.384 e. The van der Waals surface area contributed by atoms with Crippen LogP contribution in [0, 0.1) is 24.2 Å². The van der Waals surface area contributed by atoms with Crippen LogP contribution in [0.5, 0.6) is 0 Å². The Balaban J connectivity index is 1.57. The van der Waals surface area contributed by atoms with Crippen LogP contribution in [0.4, 0.5) is 0 Å². The summed E-state index contributed by atoms with van der Waals surface area (Å²) in [6, 6.07) is 14.8. The van der Waals surface area contributed by atoms with Crippen molar-refractivity contribution in [2.24, 2.45) is 23.1 Å². The zero-order valence-corrected chi connectivity index (χ0v) is 37.9. The highest BCUT2D eigenvalue weighted by atomic mass is 15.2. The molecule has 2 unspecified atom stereocenters. The first kappa shape index (κ1) is 45.2. The van der Waals surface area contributed by atoms with Gasteiger partial charge in [0, 0.05) is 47.5 Å². The first-order chi connectivity index (χ1) is 27.6. The fraction of sp³-hybridized carbons (Fsp3) is 0.538. The minimum atomic E-state index is 0.0917. The van der Waals surface area contributed by atoms with Crippen LogP contribution in [-0.2, 0) is 19.4 Å². The molecule has 316 valence electrons. The molecule has 0 radical (unpaired) electrons. The Bertz CT molecular complexity index is 1960. The van der Waals surface area contributed by atoms with Gasteiger partial charge in [-0.2, -0.15) is 0 Å². The number of nitrogens with two attached hydrogens (primary N) is 1. The van der Waals surface area contributed by atoms with E-state index in [0.717, 1.165) is 70.3 Å². The van der Waals surface area contributed by atoms with Crippen LogP contribution >= 0.6 is 0 Å². The number of unbranched alkanes of at least 4 members (excludes halogenated alkanes) is 1. The molecule has 1 aromatic heterocycles. The summed E-state index contributed by atoms with van der Waals surface area (Å²) in [6.45, 7) is 32.4. The molecule has 0 amide bonds. The van der Waals surface area contributed by atoms with E-state index < -0.39 is 0 Å². The number of rotatable bonds is 22. The molecule has 2 heterocycles. The zero-order chi connectivity index (χ0) is 42.1. The van der Waals surface area contributed by atoms with Crippen molar-refractivity contribution in [3.05, 3.63) is 113 Å². The van der Waals surface area contributed by atoms with Crippen molar-refractivity contribution in [2.75, 3.05) is 27.2 Å². The summed E-state index contributed by atoms with van der Waals surface area (Å²) in [6.07, 6.45) is 16.9. The summed E-state index contributed by atoms with van der Waals surface area (Å²) in [5.74, 6) is 6.66. The Morgan fingerprint density at radius 3 is 2.41 bits per heavy atom. The van der Waals surface area contributed by atoms with Gasteiger partial charge in [0.2, 0.25) is 0 Å². The number of fused-ring (bicyclic) bond motifs is 1. The zero-order valence-electron chi connectivity index (χ0n) is 37.9. The molecule has 3 aromatic rings. The highest BCUT2D eigenvalue weighted by molar-refractivity contribution is 5.95. The number of nitrogens with zero attached hydrogens (tertiary/aromatic N) is 2. The van der Waals surface area contributed by atoms with E-state index in [4.69, 9.17) is 5.84 Å². The van der Waals surface area contributed by atoms with E-state index in [1.165, 1.54) is 92.5 Å². The third-order valence-electron chi connectivity index (χ3n) is 12.8. The predicted molar refractivity (Wildman–Crippen MR) is 253 cm³/mol. The maximum atomic E-state index is 5.61. The van der Waals surface area contributed by atoms with Crippen molar-refractivity contribution in [1.82, 2.24) is 25.5 Å². The van der Waals surface area contributed by atoms with Gasteiger partial charge in [-0.15, -0.1) is 6.58 Å². The first-order valence-electron chi connectivity index (χ1n) is 22.4. The van der Waals surface area contributed by atoms with Gasteiger partial charge >= 0.3 is 0 Å². The van der Waals surface area contributed by atoms with Gasteiger partial charge in [0.15, 0.2) is 0 Å². The number of hydrazine groups is 1. The molecule has 1 aliphatic carbocycles. The number of dihydropyridines is 1. The molecule has 0 saturated heterocycles. The van der Waals surface area contributed by atoms with Gasteiger partial charge in [0.25, 0.3) is 0 Å². The normalized spacial score (nSPS) is 16.1. The van der Waals surface area contributed by atoms with E-state index in [1.54, 1.807) is 0 Å². The number of aryl methyl sites for hydroxylation is 2. The van der Waals surface area contributed by atoms with Crippen LogP contribution < -0.4 is 21.9 Å². The van der Waals surface area contributed by atoms with Gasteiger partial charge in [-0.25, -0.2) is 0 Å². The van der Waals surface area contributed by atoms with E-state index in [0.29, 0.717) is 17.9 Å². The third-order valence-corrected chi connectivity index (χ3v) is 12.8. The second kappa shape index (κ2) is 20.4. The summed E-state index contributed by atoms with van der Waals surface area (Å²) >= 11 is 0. The summed E-state index contributed by atoms with van der Waals surface area (Å²) in [4.78, 5) is 2.37. The van der Waals surface area contributed by atoms with Crippen molar-refractivity contribution >= 4 is 16.5 Å². The Hall–Kier alpha value is -3.84. The topological polar surface area (TPSA) is 70.3 Å². The Morgan fingerprint density at radius 1 is 1.02 bits per heavy atom. The second-order valence-electron chi connectivity index (χ2n) is 19.0. The summed E-state index contributed by atoms with van der Waals surface area (Å²) in [7, 11) is 4.41. The van der Waals surface area contributed by atoms with Crippen molar-refractivity contribution in [2.45, 2.75) is 138 Å². The average Bonchev–Trinajstić information content (AvgIpc) is 3.81. The lowest BCUT2D eigenvalue weighted by molar-refractivity contribution is 0.234. The number of nitrogens with one attached hydrogen (secondary N) is 3. The number of likely N-dealkylation sites (N-methyl/N-ethyl adjacent to an activating group) is 1. The lowest BCUT2D eigenvalue weighted by Crippen LogP contribution is -2.44. The van der Waals surface area contributed by atoms with Crippen LogP contribution in [0.3, 0.4) is 0 Å². The van der Waals surface area contributed by atoms with Gasteiger partial charge in [-0.3, -0.25) is 11.3 Å². The number of hydrogen-bond donors (Lipinski definition) is 4. The number of allylic oxidation sites excluding steroid dienone is 4. The van der Waals surface area contributed by atoms with Gasteiger partial charge in [0.1, 0.15) is 0 Å². The molecule has 0 spiro atoms. The van der Waals surface area contributed by atoms with E-state index in [2.05, 4.69) is 156 Å². The van der Waals surface area contributed by atoms with Gasteiger partial charge in [0.05, 0.1) is 17.8 Å². The number of hydrogen-bond acceptors (Lipinski definition) is 5. The molecular weight excluding hydrogens is 709 g/mol. The Labute approximate surface area is 353 Å². The number of aromatic nitrogens is 1. The van der Waals surface area contributed by atoms with Crippen LogP contribution in [0.2, 0.25) is 0 Å². The van der Waals surface area contributed by atoms with Gasteiger partial charge < -0.3 is 20.1 Å². The SMILES string of the molecule is C=C(C)CCC(C)(C)Cc1c(C2=C(C(C)C)NCC=C2)n(CC)c2ccc(-c3cc(C)cc(CC(NC(=C)C(C4CCCC4)N(C)C)C(=C)CCCCNN)c3)cc12. The van der Waals surface area contributed by atoms with E-state index in [1.807, 2.05) is 0 Å². The molecule has 2 aliphatic rings. The second-order valence-corrected chi connectivity index (χ2v) is 19.0. The maximum Gasteiger partial charge on any atom is 0.0541 e. The highest BCUT2D eigenvalue weighted by Gasteiger charge is 2.31. The molecular formula is C52H78N6. The monoisotopic (exact) mass is 787 g/mol. The van der Waals surface area contributed by atoms with Crippen LogP contribution in [0.15, 0.2) is 90.8 Å². The summed E-state index contributed by atoms with van der Waals surface area (Å²) in [5, 5.41) is 9.10. The number of benzene rings is 2. The maximum absolute atomic E-state index is 5.61. The fourth-order valence-corrected chi connectivity index (χ4v) is 9.82. The summed E-state index contributed by atoms with van der Waals surface area (Å²) in [5.41, 5.74) is 18.5. The molecule has 6 heteroatoms. The first-order valence-corrected chi connectivity index (χ1v) is 22.4. The smallest absolute Gasteiger partial charge is 0.0541 e. The predicted octanol–water partition coefficient (Wildman–Crippen LogP) is 11.4. The molecule has 1 fully saturated rings. The average molecular weight is 787 g/mol. The molecule has 2 aromatic carbocycles. The van der Waals surface area contributed by atoms with Crippen LogP contribution in [-0.4, -0.2) is 48.7 Å². The summed E-state index contributed by atoms with van der Waals surface area (Å²) < 4.78 is 2.57. The Morgan fingerprint density at radius 2 is 1.76 bits per heavy atom. The van der Waals surface area contributed by atoms with Crippen molar-refractivity contribution in [1.29, 1.82) is 0 Å². The fourth-order valence-electron chi connectivity index (χ4n) is 9.82. The molecule has 58 heavy (non-hydrogen) atoms. The molecule has 5 rings (SSSR count). The van der Waals surface area contributed by atoms with Gasteiger partial charge in [-0.05, 0) is 144 Å². The van der Waals surface area contributed by atoms with Crippen molar-refractivity contribution in [3.63, 3.8) is 0 Å². The molecule has 6 nitrogen and oxygen atoms in total. The molecule has 2 atom stereocenters. The molecule has 1 aliphatic heterocycles. The Kier molecular flexibility index (Phi) is 15.9. The molecule has 1 saturated carbocycles. The molecule has 5 N–H and O–H groups in total. The lowest BCUT2D eigenvalue weighted by Gasteiger charge is -2.35. The largest absolute Gasteiger partial charge is 0.384 e. The van der Waals surface area contributed by atoms with E-state index in [-0.39, 0.29) is 11.5 Å². The van der Waals surface area contributed by atoms with Crippen molar-refractivity contribution < 1.29 is 0 Å². The highest BCUT2D eigenvalue weighted by Crippen LogP contribution is 2.42. The quantitative estimate of drug-likeness (QED) is 0.0353. The van der Waals surface area contributed by atoms with Gasteiger partial charge in [-0.1, -0.05) is 107 Å².